The van der Waals surface area contributed by atoms with Crippen LogP contribution in [0.3, 0.4) is 0 Å². The minimum Gasteiger partial charge on any atom is -0.357 e. The molecule has 30 heavy (non-hydrogen) atoms. The van der Waals surface area contributed by atoms with Crippen molar-refractivity contribution in [3.63, 3.8) is 0 Å². The van der Waals surface area contributed by atoms with Gasteiger partial charge in [0, 0.05) is 23.6 Å². The molecule has 1 amide bonds. The number of allylic oxidation sites excluding steroid dienone is 1. The third kappa shape index (κ3) is 3.55. The monoisotopic (exact) mass is 402 g/mol. The Morgan fingerprint density at radius 1 is 1.07 bits per heavy atom. The molecule has 2 aromatic rings. The molecule has 1 aliphatic carbocycles. The number of carbonyl (C=O) groups is 2. The molecule has 1 atom stereocenters. The summed E-state index contributed by atoms with van der Waals surface area (Å²) in [6.07, 6.45) is 1.25. The summed E-state index contributed by atoms with van der Waals surface area (Å²) in [6.45, 7) is 10.1. The standard InChI is InChI=1S/C26H30N2O2/c1-16(2)25(30)28-21-9-7-6-8-19(21)27-20-14-26(4,5)15-22(29)23(20)24(28)18-12-10-17(3)11-13-18/h6-13,16,24,27H,14-15H2,1-5H3/t24-/m1/s1. The Morgan fingerprint density at radius 3 is 2.40 bits per heavy atom. The van der Waals surface area contributed by atoms with Gasteiger partial charge in [0.25, 0.3) is 0 Å². The zero-order valence-electron chi connectivity index (χ0n) is 18.5. The number of carbonyl (C=O) groups excluding carboxylic acids is 2. The lowest BCUT2D eigenvalue weighted by atomic mass is 9.73. The molecular weight excluding hydrogens is 372 g/mol. The molecule has 1 heterocycles. The number of amides is 1. The van der Waals surface area contributed by atoms with Gasteiger partial charge in [-0.15, -0.1) is 0 Å². The molecule has 4 nitrogen and oxygen atoms in total. The number of hydrogen-bond donors (Lipinski definition) is 1. The van der Waals surface area contributed by atoms with Crippen molar-refractivity contribution in [3.8, 4) is 0 Å². The number of aryl methyl sites for hydroxylation is 1. The van der Waals surface area contributed by atoms with E-state index in [-0.39, 0.29) is 23.0 Å². The number of nitrogens with one attached hydrogen (secondary N) is 1. The zero-order valence-corrected chi connectivity index (χ0v) is 18.5. The fourth-order valence-electron chi connectivity index (χ4n) is 4.57. The first-order chi connectivity index (χ1) is 14.2. The average molecular weight is 403 g/mol. The number of fused-ring (bicyclic) bond motifs is 1. The quantitative estimate of drug-likeness (QED) is 0.691. The second-order valence-corrected chi connectivity index (χ2v) is 9.65. The third-order valence-corrected chi connectivity index (χ3v) is 6.03. The van der Waals surface area contributed by atoms with E-state index < -0.39 is 6.04 Å². The van der Waals surface area contributed by atoms with Crippen LogP contribution >= 0.6 is 0 Å². The van der Waals surface area contributed by atoms with Crippen LogP contribution in [0.15, 0.2) is 59.8 Å². The average Bonchev–Trinajstić information content (AvgIpc) is 2.81. The van der Waals surface area contributed by atoms with E-state index in [4.69, 9.17) is 0 Å². The lowest BCUT2D eigenvalue weighted by molar-refractivity contribution is -0.122. The lowest BCUT2D eigenvalue weighted by Gasteiger charge is -2.37. The van der Waals surface area contributed by atoms with Crippen LogP contribution in [-0.4, -0.2) is 11.7 Å². The number of anilines is 2. The fraction of sp³-hybridized carbons (Fsp3) is 0.385. The van der Waals surface area contributed by atoms with Gasteiger partial charge < -0.3 is 5.32 Å². The van der Waals surface area contributed by atoms with Gasteiger partial charge in [-0.3, -0.25) is 14.5 Å². The molecular formula is C26H30N2O2. The van der Waals surface area contributed by atoms with Crippen molar-refractivity contribution in [1.82, 2.24) is 0 Å². The van der Waals surface area contributed by atoms with E-state index in [0.29, 0.717) is 6.42 Å². The Labute approximate surface area is 179 Å². The molecule has 0 radical (unpaired) electrons. The van der Waals surface area contributed by atoms with Crippen molar-refractivity contribution in [3.05, 3.63) is 70.9 Å². The van der Waals surface area contributed by atoms with Gasteiger partial charge in [-0.1, -0.05) is 69.7 Å². The van der Waals surface area contributed by atoms with Crippen molar-refractivity contribution >= 4 is 23.1 Å². The van der Waals surface area contributed by atoms with Crippen molar-refractivity contribution in [2.24, 2.45) is 11.3 Å². The van der Waals surface area contributed by atoms with Gasteiger partial charge in [0.2, 0.25) is 5.91 Å². The summed E-state index contributed by atoms with van der Waals surface area (Å²) in [4.78, 5) is 28.9. The summed E-state index contributed by atoms with van der Waals surface area (Å²) < 4.78 is 0. The molecule has 0 saturated carbocycles. The summed E-state index contributed by atoms with van der Waals surface area (Å²) in [5, 5.41) is 3.55. The Kier molecular flexibility index (Phi) is 5.05. The Bertz CT molecular complexity index is 1030. The first-order valence-electron chi connectivity index (χ1n) is 10.7. The summed E-state index contributed by atoms with van der Waals surface area (Å²) in [6, 6.07) is 15.6. The number of ketones is 1. The van der Waals surface area contributed by atoms with Crippen molar-refractivity contribution < 1.29 is 9.59 Å². The minimum atomic E-state index is -0.435. The summed E-state index contributed by atoms with van der Waals surface area (Å²) in [5.41, 5.74) is 5.36. The maximum Gasteiger partial charge on any atom is 0.230 e. The molecule has 0 unspecified atom stereocenters. The smallest absolute Gasteiger partial charge is 0.230 e. The van der Waals surface area contributed by atoms with E-state index in [1.54, 1.807) is 0 Å². The van der Waals surface area contributed by atoms with Gasteiger partial charge in [-0.2, -0.15) is 0 Å². The van der Waals surface area contributed by atoms with Crippen LogP contribution in [0.2, 0.25) is 0 Å². The largest absolute Gasteiger partial charge is 0.357 e. The first kappa shape index (κ1) is 20.4. The van der Waals surface area contributed by atoms with E-state index in [0.717, 1.165) is 40.2 Å². The minimum absolute atomic E-state index is 0.0150. The van der Waals surface area contributed by atoms with Crippen LogP contribution in [0.1, 0.15) is 57.7 Å². The predicted molar refractivity (Wildman–Crippen MR) is 121 cm³/mol. The molecule has 0 saturated heterocycles. The lowest BCUT2D eigenvalue weighted by Crippen LogP contribution is -2.41. The summed E-state index contributed by atoms with van der Waals surface area (Å²) in [5.74, 6) is -0.0572. The van der Waals surface area contributed by atoms with E-state index in [1.165, 1.54) is 0 Å². The molecule has 156 valence electrons. The van der Waals surface area contributed by atoms with Gasteiger partial charge >= 0.3 is 0 Å². The molecule has 0 fully saturated rings. The molecule has 1 N–H and O–H groups in total. The van der Waals surface area contributed by atoms with Crippen LogP contribution in [0.4, 0.5) is 11.4 Å². The van der Waals surface area contributed by atoms with Gasteiger partial charge in [0.1, 0.15) is 0 Å². The van der Waals surface area contributed by atoms with Crippen molar-refractivity contribution in [2.45, 2.75) is 53.5 Å². The zero-order chi connectivity index (χ0) is 21.6. The van der Waals surface area contributed by atoms with Crippen LogP contribution in [-0.2, 0) is 9.59 Å². The number of rotatable bonds is 2. The predicted octanol–water partition coefficient (Wildman–Crippen LogP) is 5.79. The molecule has 2 aliphatic rings. The summed E-state index contributed by atoms with van der Waals surface area (Å²) >= 11 is 0. The summed E-state index contributed by atoms with van der Waals surface area (Å²) in [7, 11) is 0. The van der Waals surface area contributed by atoms with Crippen LogP contribution in [0, 0.1) is 18.3 Å². The molecule has 0 spiro atoms. The molecule has 0 bridgehead atoms. The first-order valence-corrected chi connectivity index (χ1v) is 10.7. The highest BCUT2D eigenvalue weighted by atomic mass is 16.2. The highest BCUT2D eigenvalue weighted by molar-refractivity contribution is 6.06. The Hall–Kier alpha value is -2.88. The second-order valence-electron chi connectivity index (χ2n) is 9.65. The van der Waals surface area contributed by atoms with E-state index in [2.05, 4.69) is 31.3 Å². The van der Waals surface area contributed by atoms with E-state index in [1.807, 2.05) is 62.1 Å². The normalized spacial score (nSPS) is 20.4. The Balaban J connectivity index is 2.01. The number of para-hydroxylation sites is 2. The number of nitrogens with zero attached hydrogens (tertiary/aromatic N) is 1. The highest BCUT2D eigenvalue weighted by Gasteiger charge is 2.43. The van der Waals surface area contributed by atoms with E-state index >= 15 is 0 Å². The van der Waals surface area contributed by atoms with Crippen LogP contribution < -0.4 is 10.2 Å². The van der Waals surface area contributed by atoms with Gasteiger partial charge in [0.15, 0.2) is 5.78 Å². The van der Waals surface area contributed by atoms with Gasteiger partial charge in [0.05, 0.1) is 17.4 Å². The van der Waals surface area contributed by atoms with Gasteiger partial charge in [-0.05, 0) is 36.5 Å². The highest BCUT2D eigenvalue weighted by Crippen LogP contribution is 2.48. The van der Waals surface area contributed by atoms with Crippen molar-refractivity contribution in [2.75, 3.05) is 10.2 Å². The second kappa shape index (κ2) is 7.42. The topological polar surface area (TPSA) is 49.4 Å². The van der Waals surface area contributed by atoms with E-state index in [9.17, 15) is 9.59 Å². The molecule has 2 aromatic carbocycles. The van der Waals surface area contributed by atoms with Crippen molar-refractivity contribution in [1.29, 1.82) is 0 Å². The maximum absolute atomic E-state index is 13.5. The van der Waals surface area contributed by atoms with Crippen LogP contribution in [0.25, 0.3) is 0 Å². The number of hydrogen-bond acceptors (Lipinski definition) is 3. The third-order valence-electron chi connectivity index (χ3n) is 6.03. The maximum atomic E-state index is 13.5. The molecule has 4 rings (SSSR count). The van der Waals surface area contributed by atoms with Crippen LogP contribution in [0.5, 0.6) is 0 Å². The number of Topliss-reactive ketones (excluding diaryl/α,β-unsaturated/α-hetero) is 1. The number of benzene rings is 2. The van der Waals surface area contributed by atoms with Gasteiger partial charge in [-0.25, -0.2) is 0 Å². The fourth-order valence-corrected chi connectivity index (χ4v) is 4.57. The SMILES string of the molecule is Cc1ccc([C@@H]2C3=C(CC(C)(C)CC3=O)Nc3ccccc3N2C(=O)C(C)C)cc1. The molecule has 0 aromatic heterocycles. The Morgan fingerprint density at radius 2 is 1.73 bits per heavy atom. The molecule has 1 aliphatic heterocycles. The molecule has 4 heteroatoms.